The van der Waals surface area contributed by atoms with Crippen LogP contribution in [0.4, 0.5) is 0 Å². The summed E-state index contributed by atoms with van der Waals surface area (Å²) in [4.78, 5) is 11.0. The largest absolute Gasteiger partial charge is 0.493 e. The van der Waals surface area contributed by atoms with E-state index in [0.717, 1.165) is 36.3 Å². The van der Waals surface area contributed by atoms with Gasteiger partial charge >= 0.3 is 0 Å². The van der Waals surface area contributed by atoms with Gasteiger partial charge in [-0.05, 0) is 23.8 Å². The third kappa shape index (κ3) is 1.53. The Kier molecular flexibility index (Phi) is 2.21. The highest BCUT2D eigenvalue weighted by Crippen LogP contribution is 2.31. The van der Waals surface area contributed by atoms with Gasteiger partial charge in [-0.1, -0.05) is 0 Å². The van der Waals surface area contributed by atoms with Gasteiger partial charge in [0.25, 0.3) is 0 Å². The number of aromatic nitrogens is 2. The molecule has 2 heterocycles. The predicted octanol–water partition coefficient (Wildman–Crippen LogP) is 1.83. The summed E-state index contributed by atoms with van der Waals surface area (Å²) < 4.78 is 7.19. The van der Waals surface area contributed by atoms with Gasteiger partial charge in [0.1, 0.15) is 5.75 Å². The fraction of sp³-hybridized carbons (Fsp3) is 0.231. The first kappa shape index (κ1) is 10.1. The first-order valence-corrected chi connectivity index (χ1v) is 5.53. The van der Waals surface area contributed by atoms with Crippen molar-refractivity contribution in [2.45, 2.75) is 6.42 Å². The second-order valence-electron chi connectivity index (χ2n) is 4.11. The summed E-state index contributed by atoms with van der Waals surface area (Å²) in [6, 6.07) is 6.00. The van der Waals surface area contributed by atoms with Crippen molar-refractivity contribution in [2.75, 3.05) is 6.61 Å². The fourth-order valence-corrected chi connectivity index (χ4v) is 2.23. The maximum Gasteiger partial charge on any atom is 0.153 e. The molecular weight excluding hydrogens is 216 g/mol. The molecule has 0 bridgehead atoms. The van der Waals surface area contributed by atoms with Crippen LogP contribution in [0, 0.1) is 0 Å². The summed E-state index contributed by atoms with van der Waals surface area (Å²) in [6.07, 6.45) is 3.36. The number of hydrogen-bond donors (Lipinski definition) is 0. The Morgan fingerprint density at radius 1 is 1.47 bits per heavy atom. The molecule has 1 aliphatic heterocycles. The lowest BCUT2D eigenvalue weighted by atomic mass is 10.0. The molecule has 1 aromatic carbocycles. The summed E-state index contributed by atoms with van der Waals surface area (Å²) in [5, 5.41) is 4.11. The van der Waals surface area contributed by atoms with Crippen molar-refractivity contribution in [1.82, 2.24) is 9.78 Å². The van der Waals surface area contributed by atoms with Crippen LogP contribution in [0.2, 0.25) is 0 Å². The van der Waals surface area contributed by atoms with Gasteiger partial charge in [-0.3, -0.25) is 9.48 Å². The van der Waals surface area contributed by atoms with E-state index in [0.29, 0.717) is 5.56 Å². The zero-order chi connectivity index (χ0) is 11.8. The third-order valence-electron chi connectivity index (χ3n) is 3.06. The maximum atomic E-state index is 11.0. The van der Waals surface area contributed by atoms with Crippen LogP contribution in [-0.4, -0.2) is 22.7 Å². The lowest BCUT2D eigenvalue weighted by molar-refractivity contribution is 0.112. The molecule has 1 aromatic heterocycles. The Bertz CT molecular complexity index is 587. The van der Waals surface area contributed by atoms with Crippen molar-refractivity contribution in [1.29, 1.82) is 0 Å². The van der Waals surface area contributed by atoms with E-state index in [1.807, 2.05) is 19.2 Å². The van der Waals surface area contributed by atoms with Crippen molar-refractivity contribution < 1.29 is 9.53 Å². The normalized spacial score (nSPS) is 13.2. The standard InChI is InChI=1S/C13H12N2O2/c1-15-13(11(8-16)7-14-15)10-2-3-12-9(6-10)4-5-17-12/h2-3,6-8H,4-5H2,1H3. The van der Waals surface area contributed by atoms with Gasteiger partial charge in [-0.15, -0.1) is 0 Å². The molecule has 1 aliphatic rings. The predicted molar refractivity (Wildman–Crippen MR) is 63.2 cm³/mol. The van der Waals surface area contributed by atoms with E-state index < -0.39 is 0 Å². The Morgan fingerprint density at radius 2 is 2.35 bits per heavy atom. The van der Waals surface area contributed by atoms with E-state index in [-0.39, 0.29) is 0 Å². The average molecular weight is 228 g/mol. The number of fused-ring (bicyclic) bond motifs is 1. The van der Waals surface area contributed by atoms with Crippen molar-refractivity contribution in [3.05, 3.63) is 35.5 Å². The zero-order valence-corrected chi connectivity index (χ0v) is 9.51. The Labute approximate surface area is 98.8 Å². The minimum atomic E-state index is 0.617. The highest BCUT2D eigenvalue weighted by molar-refractivity contribution is 5.85. The summed E-state index contributed by atoms with van der Waals surface area (Å²) in [7, 11) is 1.84. The van der Waals surface area contributed by atoms with Crippen LogP contribution in [0.1, 0.15) is 15.9 Å². The van der Waals surface area contributed by atoms with Crippen molar-refractivity contribution in [3.63, 3.8) is 0 Å². The zero-order valence-electron chi connectivity index (χ0n) is 9.51. The Morgan fingerprint density at radius 3 is 3.18 bits per heavy atom. The van der Waals surface area contributed by atoms with Crippen LogP contribution in [0.15, 0.2) is 24.4 Å². The molecule has 4 nitrogen and oxygen atoms in total. The number of rotatable bonds is 2. The molecule has 0 saturated carbocycles. The van der Waals surface area contributed by atoms with E-state index >= 15 is 0 Å². The van der Waals surface area contributed by atoms with Crippen molar-refractivity contribution in [2.24, 2.45) is 7.05 Å². The molecule has 4 heteroatoms. The molecule has 0 aliphatic carbocycles. The summed E-state index contributed by atoms with van der Waals surface area (Å²) >= 11 is 0. The lowest BCUT2D eigenvalue weighted by Crippen LogP contribution is -1.95. The number of aryl methyl sites for hydroxylation is 1. The number of ether oxygens (including phenoxy) is 1. The molecule has 86 valence electrons. The number of carbonyl (C=O) groups excluding carboxylic acids is 1. The monoisotopic (exact) mass is 228 g/mol. The van der Waals surface area contributed by atoms with Crippen LogP contribution < -0.4 is 4.74 Å². The summed E-state index contributed by atoms with van der Waals surface area (Å²) in [6.45, 7) is 0.741. The first-order chi connectivity index (χ1) is 8.29. The minimum absolute atomic E-state index is 0.617. The Balaban J connectivity index is 2.15. The van der Waals surface area contributed by atoms with Crippen LogP contribution in [-0.2, 0) is 13.5 Å². The molecule has 0 spiro atoms. The van der Waals surface area contributed by atoms with Gasteiger partial charge < -0.3 is 4.74 Å². The summed E-state index contributed by atoms with van der Waals surface area (Å²) in [5.41, 5.74) is 3.68. The molecule has 0 fully saturated rings. The molecule has 0 radical (unpaired) electrons. The summed E-state index contributed by atoms with van der Waals surface area (Å²) in [5.74, 6) is 0.948. The smallest absolute Gasteiger partial charge is 0.153 e. The lowest BCUT2D eigenvalue weighted by Gasteiger charge is -2.05. The van der Waals surface area contributed by atoms with Crippen LogP contribution in [0.5, 0.6) is 5.75 Å². The molecular formula is C13H12N2O2. The highest BCUT2D eigenvalue weighted by Gasteiger charge is 2.16. The topological polar surface area (TPSA) is 44.1 Å². The Hall–Kier alpha value is -2.10. The van der Waals surface area contributed by atoms with Crippen LogP contribution >= 0.6 is 0 Å². The maximum absolute atomic E-state index is 11.0. The van der Waals surface area contributed by atoms with Crippen molar-refractivity contribution in [3.8, 4) is 17.0 Å². The van der Waals surface area contributed by atoms with Crippen LogP contribution in [0.25, 0.3) is 11.3 Å². The second kappa shape index (κ2) is 3.73. The first-order valence-electron chi connectivity index (χ1n) is 5.53. The SMILES string of the molecule is Cn1ncc(C=O)c1-c1ccc2c(c1)CCO2. The molecule has 0 saturated heterocycles. The van der Waals surface area contributed by atoms with Gasteiger partial charge in [0, 0.05) is 19.0 Å². The van der Waals surface area contributed by atoms with Crippen molar-refractivity contribution >= 4 is 6.29 Å². The molecule has 17 heavy (non-hydrogen) atoms. The van der Waals surface area contributed by atoms with E-state index in [9.17, 15) is 4.79 Å². The number of benzene rings is 1. The molecule has 2 aromatic rings. The van der Waals surface area contributed by atoms with Gasteiger partial charge in [0.15, 0.2) is 6.29 Å². The van der Waals surface area contributed by atoms with Gasteiger partial charge in [-0.2, -0.15) is 5.10 Å². The fourth-order valence-electron chi connectivity index (χ4n) is 2.23. The second-order valence-corrected chi connectivity index (χ2v) is 4.11. The third-order valence-corrected chi connectivity index (χ3v) is 3.06. The van der Waals surface area contributed by atoms with Crippen LogP contribution in [0.3, 0.4) is 0 Å². The van der Waals surface area contributed by atoms with E-state index in [1.165, 1.54) is 5.56 Å². The average Bonchev–Trinajstić information content (AvgIpc) is 2.93. The molecule has 0 amide bonds. The minimum Gasteiger partial charge on any atom is -0.493 e. The number of hydrogen-bond acceptors (Lipinski definition) is 3. The van der Waals surface area contributed by atoms with Gasteiger partial charge in [0.2, 0.25) is 0 Å². The van der Waals surface area contributed by atoms with Gasteiger partial charge in [-0.25, -0.2) is 0 Å². The number of carbonyl (C=O) groups is 1. The van der Waals surface area contributed by atoms with E-state index in [2.05, 4.69) is 11.2 Å². The molecule has 0 unspecified atom stereocenters. The van der Waals surface area contributed by atoms with E-state index in [4.69, 9.17) is 4.74 Å². The number of aldehydes is 1. The van der Waals surface area contributed by atoms with E-state index in [1.54, 1.807) is 10.9 Å². The quantitative estimate of drug-likeness (QED) is 0.736. The highest BCUT2D eigenvalue weighted by atomic mass is 16.5. The van der Waals surface area contributed by atoms with Gasteiger partial charge in [0.05, 0.1) is 24.1 Å². The molecule has 3 rings (SSSR count). The molecule has 0 N–H and O–H groups in total. The number of nitrogens with zero attached hydrogens (tertiary/aromatic N) is 2. The molecule has 0 atom stereocenters.